The Labute approximate surface area is 249 Å². The molecule has 1 aliphatic rings. The fraction of sp³-hybridized carbons (Fsp3) is 0.281. The number of halogens is 1. The van der Waals surface area contributed by atoms with Gasteiger partial charge in [0.05, 0.1) is 12.8 Å². The summed E-state index contributed by atoms with van der Waals surface area (Å²) in [5.41, 5.74) is 2.30. The first-order valence-electron chi connectivity index (χ1n) is 13.8. The number of amides is 1. The molecule has 2 atom stereocenters. The second-order valence-electron chi connectivity index (χ2n) is 9.99. The fourth-order valence-electron chi connectivity index (χ4n) is 5.11. The van der Waals surface area contributed by atoms with Gasteiger partial charge in [-0.1, -0.05) is 53.7 Å². The van der Waals surface area contributed by atoms with Crippen molar-refractivity contribution in [2.24, 2.45) is 5.92 Å². The summed E-state index contributed by atoms with van der Waals surface area (Å²) >= 11 is 7.53. The van der Waals surface area contributed by atoms with Crippen LogP contribution in [0.1, 0.15) is 29.9 Å². The molecule has 2 heterocycles. The van der Waals surface area contributed by atoms with Crippen molar-refractivity contribution in [3.63, 3.8) is 0 Å². The number of nitrogens with zero attached hydrogens (tertiary/aromatic N) is 2. The van der Waals surface area contributed by atoms with Crippen molar-refractivity contribution in [2.45, 2.75) is 35.1 Å². The Kier molecular flexibility index (Phi) is 9.77. The van der Waals surface area contributed by atoms with Crippen LogP contribution in [-0.2, 0) is 11.2 Å². The summed E-state index contributed by atoms with van der Waals surface area (Å²) in [6.07, 6.45) is 1.95. The van der Waals surface area contributed by atoms with Gasteiger partial charge in [0, 0.05) is 40.4 Å². The van der Waals surface area contributed by atoms with Crippen molar-refractivity contribution in [2.75, 3.05) is 26.7 Å². The number of aryl methyl sites for hydroxylation is 1. The number of methoxy groups -OCH3 is 1. The Balaban J connectivity index is 1.29. The Morgan fingerprint density at radius 3 is 2.59 bits per heavy atom. The van der Waals surface area contributed by atoms with Gasteiger partial charge in [-0.15, -0.1) is 0 Å². The average molecular weight is 589 g/mol. The Bertz CT molecular complexity index is 1510. The maximum Gasteiger partial charge on any atom is 0.274 e. The lowest BCUT2D eigenvalue weighted by Crippen LogP contribution is -2.43. The molecule has 41 heavy (non-hydrogen) atoms. The van der Waals surface area contributed by atoms with Gasteiger partial charge in [0.1, 0.15) is 10.8 Å². The van der Waals surface area contributed by atoms with Crippen LogP contribution in [0.25, 0.3) is 5.69 Å². The van der Waals surface area contributed by atoms with Gasteiger partial charge < -0.3 is 15.4 Å². The maximum absolute atomic E-state index is 13.5. The van der Waals surface area contributed by atoms with Crippen LogP contribution in [-0.4, -0.2) is 42.4 Å². The Hall–Kier alpha value is -3.59. The van der Waals surface area contributed by atoms with Crippen LogP contribution in [0.4, 0.5) is 0 Å². The van der Waals surface area contributed by atoms with E-state index in [0.29, 0.717) is 46.4 Å². The smallest absolute Gasteiger partial charge is 0.274 e. The van der Waals surface area contributed by atoms with Crippen molar-refractivity contribution in [3.8, 4) is 11.4 Å². The molecule has 0 saturated carbocycles. The molecule has 0 aliphatic carbocycles. The minimum atomic E-state index is -0.176. The highest BCUT2D eigenvalue weighted by Crippen LogP contribution is 2.30. The van der Waals surface area contributed by atoms with Crippen molar-refractivity contribution in [1.29, 1.82) is 0 Å². The molecular weight excluding hydrogens is 556 g/mol. The lowest BCUT2D eigenvalue weighted by molar-refractivity contribution is -0.126. The largest absolute Gasteiger partial charge is 0.497 e. The number of piperidine rings is 1. The van der Waals surface area contributed by atoms with Gasteiger partial charge in [-0.3, -0.25) is 9.59 Å². The summed E-state index contributed by atoms with van der Waals surface area (Å²) in [7, 11) is 1.60. The number of rotatable bonds is 10. The minimum absolute atomic E-state index is 0.0738. The second-order valence-corrected chi connectivity index (χ2v) is 11.5. The molecule has 1 saturated heterocycles. The summed E-state index contributed by atoms with van der Waals surface area (Å²) in [4.78, 5) is 27.7. The summed E-state index contributed by atoms with van der Waals surface area (Å²) in [6, 6.07) is 26.8. The molecule has 0 bridgehead atoms. The summed E-state index contributed by atoms with van der Waals surface area (Å²) < 4.78 is 6.71. The summed E-state index contributed by atoms with van der Waals surface area (Å²) in [6.45, 7) is 2.11. The zero-order valence-electron chi connectivity index (χ0n) is 22.9. The van der Waals surface area contributed by atoms with Crippen LogP contribution in [0.5, 0.6) is 5.75 Å². The van der Waals surface area contributed by atoms with Crippen molar-refractivity contribution < 1.29 is 9.53 Å². The van der Waals surface area contributed by atoms with Crippen LogP contribution in [0, 0.1) is 5.92 Å². The van der Waals surface area contributed by atoms with Crippen LogP contribution in [0.15, 0.2) is 99.6 Å². The van der Waals surface area contributed by atoms with Gasteiger partial charge in [-0.25, -0.2) is 0 Å². The SMILES string of the molecule is COc1ccc(-n2nc(Sc3ccc(Cl)cc3)cc(CCCNC(=O)[C@H]3CCNC[C@@H]3c3ccccc3)c2=O)cc1. The van der Waals surface area contributed by atoms with E-state index in [2.05, 4.69) is 27.9 Å². The van der Waals surface area contributed by atoms with Crippen molar-refractivity contribution in [1.82, 2.24) is 20.4 Å². The number of hydrogen-bond donors (Lipinski definition) is 2. The van der Waals surface area contributed by atoms with E-state index in [4.69, 9.17) is 16.3 Å². The van der Waals surface area contributed by atoms with E-state index in [9.17, 15) is 9.59 Å². The van der Waals surface area contributed by atoms with Crippen LogP contribution in [0.2, 0.25) is 5.02 Å². The van der Waals surface area contributed by atoms with Gasteiger partial charge in [0.2, 0.25) is 5.91 Å². The van der Waals surface area contributed by atoms with Crippen molar-refractivity contribution >= 4 is 29.3 Å². The Morgan fingerprint density at radius 1 is 1.10 bits per heavy atom. The zero-order chi connectivity index (χ0) is 28.6. The first-order chi connectivity index (χ1) is 20.0. The molecule has 1 aliphatic heterocycles. The minimum Gasteiger partial charge on any atom is -0.497 e. The summed E-state index contributed by atoms with van der Waals surface area (Å²) in [5.74, 6) is 0.848. The molecule has 2 N–H and O–H groups in total. The van der Waals surface area contributed by atoms with Gasteiger partial charge in [-0.05, 0) is 86.0 Å². The third kappa shape index (κ3) is 7.38. The molecule has 0 unspecified atom stereocenters. The highest BCUT2D eigenvalue weighted by molar-refractivity contribution is 7.99. The van der Waals surface area contributed by atoms with Crippen molar-refractivity contribution in [3.05, 3.63) is 111 Å². The predicted molar refractivity (Wildman–Crippen MR) is 163 cm³/mol. The molecule has 0 radical (unpaired) electrons. The Morgan fingerprint density at radius 2 is 1.85 bits per heavy atom. The van der Waals surface area contributed by atoms with E-state index in [0.717, 1.165) is 24.4 Å². The predicted octanol–water partition coefficient (Wildman–Crippen LogP) is 5.49. The van der Waals surface area contributed by atoms with Crippen LogP contribution >= 0.6 is 23.4 Å². The topological polar surface area (TPSA) is 85.2 Å². The molecule has 1 fully saturated rings. The molecule has 3 aromatic carbocycles. The maximum atomic E-state index is 13.5. The molecule has 9 heteroatoms. The summed E-state index contributed by atoms with van der Waals surface area (Å²) in [5, 5.41) is 12.6. The molecule has 212 valence electrons. The van der Waals surface area contributed by atoms with E-state index in [-0.39, 0.29) is 23.3 Å². The van der Waals surface area contributed by atoms with E-state index < -0.39 is 0 Å². The molecule has 0 spiro atoms. The molecular formula is C32H33ClN4O3S. The zero-order valence-corrected chi connectivity index (χ0v) is 24.5. The molecule has 1 aromatic heterocycles. The van der Waals surface area contributed by atoms with Gasteiger partial charge in [-0.2, -0.15) is 9.78 Å². The first kappa shape index (κ1) is 28.9. The molecule has 5 rings (SSSR count). The number of benzene rings is 3. The van der Waals surface area contributed by atoms with E-state index in [1.165, 1.54) is 22.0 Å². The average Bonchev–Trinajstić information content (AvgIpc) is 3.02. The molecule has 7 nitrogen and oxygen atoms in total. The lowest BCUT2D eigenvalue weighted by Gasteiger charge is -2.31. The molecule has 1 amide bonds. The number of ether oxygens (including phenoxy) is 1. The quantitative estimate of drug-likeness (QED) is 0.238. The van der Waals surface area contributed by atoms with Gasteiger partial charge in [0.25, 0.3) is 5.56 Å². The highest BCUT2D eigenvalue weighted by atomic mass is 35.5. The van der Waals surface area contributed by atoms with Crippen LogP contribution < -0.4 is 20.9 Å². The monoisotopic (exact) mass is 588 g/mol. The first-order valence-corrected chi connectivity index (χ1v) is 15.0. The number of aromatic nitrogens is 2. The van der Waals surface area contributed by atoms with Gasteiger partial charge in [0.15, 0.2) is 0 Å². The fourth-order valence-corrected chi connectivity index (χ4v) is 6.08. The number of nitrogens with one attached hydrogen (secondary N) is 2. The standard InChI is InChI=1S/C32H33ClN4O3S/c1-40-26-13-11-25(12-14-26)37-32(39)23(20-30(36-37)41-27-15-9-24(33)10-16-27)8-5-18-35-31(38)28-17-19-34-21-29(28)22-6-3-2-4-7-22/h2-4,6-7,9-16,20,28-29,34H,5,8,17-19,21H2,1H3,(H,35,38)/t28-,29+/m0/s1. The van der Waals surface area contributed by atoms with Crippen LogP contribution in [0.3, 0.4) is 0 Å². The van der Waals surface area contributed by atoms with Gasteiger partial charge >= 0.3 is 0 Å². The van der Waals surface area contributed by atoms with E-state index >= 15 is 0 Å². The van der Waals surface area contributed by atoms with E-state index in [1.54, 1.807) is 19.2 Å². The normalized spacial score (nSPS) is 16.7. The number of carbonyl (C=O) groups excluding carboxylic acids is 1. The third-order valence-corrected chi connectivity index (χ3v) is 8.45. The molecule has 4 aromatic rings. The third-order valence-electron chi connectivity index (χ3n) is 7.29. The number of hydrogen-bond acceptors (Lipinski definition) is 6. The lowest BCUT2D eigenvalue weighted by atomic mass is 9.81. The highest BCUT2D eigenvalue weighted by Gasteiger charge is 2.31. The van der Waals surface area contributed by atoms with E-state index in [1.807, 2.05) is 60.7 Å². The second kappa shape index (κ2) is 13.9. The number of carbonyl (C=O) groups is 1.